The van der Waals surface area contributed by atoms with Crippen molar-refractivity contribution in [2.45, 2.75) is 18.8 Å². The van der Waals surface area contributed by atoms with Crippen LogP contribution in [0, 0.1) is 0 Å². The van der Waals surface area contributed by atoms with E-state index in [4.69, 9.17) is 0 Å². The fourth-order valence-corrected chi connectivity index (χ4v) is 2.33. The highest BCUT2D eigenvalue weighted by Gasteiger charge is 2.07. The third kappa shape index (κ3) is 3.51. The smallest absolute Gasteiger partial charge is 0.00643 e. The van der Waals surface area contributed by atoms with Gasteiger partial charge in [0, 0.05) is 4.43 Å². The van der Waals surface area contributed by atoms with E-state index in [0.29, 0.717) is 5.92 Å². The summed E-state index contributed by atoms with van der Waals surface area (Å²) in [5, 5.41) is 0. The molecule has 1 rings (SSSR count). The van der Waals surface area contributed by atoms with E-state index in [2.05, 4.69) is 59.5 Å². The quantitative estimate of drug-likeness (QED) is 0.433. The maximum atomic E-state index is 3.76. The summed E-state index contributed by atoms with van der Waals surface area (Å²) in [6.45, 7) is 3.76. The van der Waals surface area contributed by atoms with Gasteiger partial charge in [-0.05, 0) is 24.3 Å². The Hall–Kier alpha value is -0.310. The van der Waals surface area contributed by atoms with Crippen molar-refractivity contribution in [3.05, 3.63) is 48.6 Å². The summed E-state index contributed by atoms with van der Waals surface area (Å²) in [5.74, 6) is 0.694. The van der Waals surface area contributed by atoms with Crippen LogP contribution in [0.4, 0.5) is 0 Å². The van der Waals surface area contributed by atoms with Gasteiger partial charge in [0.25, 0.3) is 0 Å². The number of allylic oxidation sites excluding steroid dienone is 1. The highest BCUT2D eigenvalue weighted by molar-refractivity contribution is 14.1. The molecule has 13 heavy (non-hydrogen) atoms. The second-order valence-corrected chi connectivity index (χ2v) is 4.01. The summed E-state index contributed by atoms with van der Waals surface area (Å²) in [6, 6.07) is 10.7. The minimum Gasteiger partial charge on any atom is -0.103 e. The number of hydrogen-bond acceptors (Lipinski definition) is 0. The Bertz CT molecular complexity index is 241. The summed E-state index contributed by atoms with van der Waals surface area (Å²) in [6.07, 6.45) is 4.33. The molecule has 0 amide bonds. The van der Waals surface area contributed by atoms with Crippen LogP contribution in [0.3, 0.4) is 0 Å². The second-order valence-electron chi connectivity index (χ2n) is 3.13. The molecule has 1 heteroatoms. The molecule has 0 fully saturated rings. The molecule has 0 bridgehead atoms. The first kappa shape index (κ1) is 10.8. The fraction of sp³-hybridized carbons (Fsp3) is 0.333. The van der Waals surface area contributed by atoms with Crippen LogP contribution >= 0.6 is 22.6 Å². The first-order valence-corrected chi connectivity index (χ1v) is 6.13. The number of rotatable bonds is 5. The van der Waals surface area contributed by atoms with Crippen molar-refractivity contribution in [1.29, 1.82) is 0 Å². The number of halogens is 1. The van der Waals surface area contributed by atoms with Crippen LogP contribution in [-0.2, 0) is 0 Å². The molecular formula is C12H15I. The summed E-state index contributed by atoms with van der Waals surface area (Å²) in [4.78, 5) is 0. The van der Waals surface area contributed by atoms with Crippen LogP contribution in [0.2, 0.25) is 0 Å². The standard InChI is InChI=1S/C12H15I/c1-2-3-7-12(10-13)11-8-5-4-6-9-11/h2,4-6,8-9,12H,1,3,7,10H2. The SMILES string of the molecule is C=CCCC(CI)c1ccccc1. The van der Waals surface area contributed by atoms with Crippen molar-refractivity contribution < 1.29 is 0 Å². The lowest BCUT2D eigenvalue weighted by Gasteiger charge is -2.12. The maximum Gasteiger partial charge on any atom is 0.00643 e. The first-order chi connectivity index (χ1) is 6.38. The van der Waals surface area contributed by atoms with Gasteiger partial charge in [-0.2, -0.15) is 0 Å². The van der Waals surface area contributed by atoms with Gasteiger partial charge < -0.3 is 0 Å². The Kier molecular flexibility index (Phi) is 5.13. The fourth-order valence-electron chi connectivity index (χ4n) is 1.38. The lowest BCUT2D eigenvalue weighted by atomic mass is 9.96. The normalized spacial score (nSPS) is 12.4. The third-order valence-electron chi connectivity index (χ3n) is 2.18. The summed E-state index contributed by atoms with van der Waals surface area (Å²) in [5.41, 5.74) is 1.46. The van der Waals surface area contributed by atoms with Gasteiger partial charge in [0.15, 0.2) is 0 Å². The van der Waals surface area contributed by atoms with E-state index in [0.717, 1.165) is 6.42 Å². The Morgan fingerprint density at radius 3 is 2.54 bits per heavy atom. The van der Waals surface area contributed by atoms with E-state index in [1.165, 1.54) is 16.4 Å². The van der Waals surface area contributed by atoms with Crippen molar-refractivity contribution in [2.24, 2.45) is 0 Å². The maximum absolute atomic E-state index is 3.76. The van der Waals surface area contributed by atoms with E-state index < -0.39 is 0 Å². The summed E-state index contributed by atoms with van der Waals surface area (Å²) in [7, 11) is 0. The molecule has 0 nitrogen and oxygen atoms in total. The van der Waals surface area contributed by atoms with Crippen molar-refractivity contribution in [1.82, 2.24) is 0 Å². The van der Waals surface area contributed by atoms with Gasteiger partial charge in [0.05, 0.1) is 0 Å². The highest BCUT2D eigenvalue weighted by atomic mass is 127. The largest absolute Gasteiger partial charge is 0.103 e. The van der Waals surface area contributed by atoms with Crippen LogP contribution in [0.25, 0.3) is 0 Å². The molecule has 0 aliphatic heterocycles. The van der Waals surface area contributed by atoms with Crippen molar-refractivity contribution in [2.75, 3.05) is 4.43 Å². The van der Waals surface area contributed by atoms with Gasteiger partial charge in [-0.3, -0.25) is 0 Å². The van der Waals surface area contributed by atoms with E-state index >= 15 is 0 Å². The van der Waals surface area contributed by atoms with Gasteiger partial charge in [-0.15, -0.1) is 6.58 Å². The zero-order valence-corrected chi connectivity index (χ0v) is 9.91. The zero-order valence-electron chi connectivity index (χ0n) is 7.75. The third-order valence-corrected chi connectivity index (χ3v) is 3.24. The topological polar surface area (TPSA) is 0 Å². The number of benzene rings is 1. The Balaban J connectivity index is 2.61. The lowest BCUT2D eigenvalue weighted by Crippen LogP contribution is -1.99. The summed E-state index contributed by atoms with van der Waals surface area (Å²) >= 11 is 2.46. The molecule has 1 aromatic rings. The molecule has 0 N–H and O–H groups in total. The van der Waals surface area contributed by atoms with E-state index in [1.54, 1.807) is 0 Å². The van der Waals surface area contributed by atoms with Crippen molar-refractivity contribution in [3.63, 3.8) is 0 Å². The molecule has 0 spiro atoms. The minimum absolute atomic E-state index is 0.694. The molecule has 0 heterocycles. The predicted octanol–water partition coefficient (Wildman–Crippen LogP) is 4.17. The van der Waals surface area contributed by atoms with Gasteiger partial charge in [0.1, 0.15) is 0 Å². The predicted molar refractivity (Wildman–Crippen MR) is 67.5 cm³/mol. The van der Waals surface area contributed by atoms with Crippen molar-refractivity contribution >= 4 is 22.6 Å². The minimum atomic E-state index is 0.694. The monoisotopic (exact) mass is 286 g/mol. The van der Waals surface area contributed by atoms with Gasteiger partial charge in [-0.25, -0.2) is 0 Å². The first-order valence-electron chi connectivity index (χ1n) is 4.60. The van der Waals surface area contributed by atoms with Gasteiger partial charge >= 0.3 is 0 Å². The zero-order chi connectivity index (χ0) is 9.52. The molecule has 0 saturated heterocycles. The van der Waals surface area contributed by atoms with E-state index in [9.17, 15) is 0 Å². The molecule has 0 aromatic heterocycles. The molecule has 70 valence electrons. The molecule has 1 atom stereocenters. The average molecular weight is 286 g/mol. The van der Waals surface area contributed by atoms with Crippen LogP contribution in [0.1, 0.15) is 24.3 Å². The van der Waals surface area contributed by atoms with E-state index in [-0.39, 0.29) is 0 Å². The summed E-state index contributed by atoms with van der Waals surface area (Å²) < 4.78 is 1.19. The number of alkyl halides is 1. The number of hydrogen-bond donors (Lipinski definition) is 0. The van der Waals surface area contributed by atoms with Gasteiger partial charge in [0.2, 0.25) is 0 Å². The molecule has 0 aliphatic carbocycles. The highest BCUT2D eigenvalue weighted by Crippen LogP contribution is 2.23. The lowest BCUT2D eigenvalue weighted by molar-refractivity contribution is 0.708. The van der Waals surface area contributed by atoms with Crippen LogP contribution in [-0.4, -0.2) is 4.43 Å². The molecule has 1 aromatic carbocycles. The Morgan fingerprint density at radius 1 is 1.31 bits per heavy atom. The molecule has 0 radical (unpaired) electrons. The van der Waals surface area contributed by atoms with Crippen LogP contribution in [0.15, 0.2) is 43.0 Å². The Labute approximate surface area is 94.2 Å². The van der Waals surface area contributed by atoms with Crippen LogP contribution in [0.5, 0.6) is 0 Å². The Morgan fingerprint density at radius 2 is 2.00 bits per heavy atom. The molecule has 0 aliphatic rings. The van der Waals surface area contributed by atoms with Gasteiger partial charge in [-0.1, -0.05) is 59.0 Å². The molecule has 0 saturated carbocycles. The molecule has 1 unspecified atom stereocenters. The molecular weight excluding hydrogens is 271 g/mol. The second kappa shape index (κ2) is 6.19. The average Bonchev–Trinajstić information content (AvgIpc) is 2.21. The van der Waals surface area contributed by atoms with E-state index in [1.807, 2.05) is 6.08 Å². The van der Waals surface area contributed by atoms with Crippen LogP contribution < -0.4 is 0 Å². The van der Waals surface area contributed by atoms with Crippen molar-refractivity contribution in [3.8, 4) is 0 Å².